The van der Waals surface area contributed by atoms with Crippen LogP contribution in [0.4, 0.5) is 0 Å². The molecule has 0 atom stereocenters. The summed E-state index contributed by atoms with van der Waals surface area (Å²) in [6.45, 7) is 1.68. The van der Waals surface area contributed by atoms with Crippen LogP contribution in [0.5, 0.6) is 5.75 Å². The predicted molar refractivity (Wildman–Crippen MR) is 74.3 cm³/mol. The van der Waals surface area contributed by atoms with Gasteiger partial charge in [0, 0.05) is 25.8 Å². The lowest BCUT2D eigenvalue weighted by Crippen LogP contribution is -2.36. The normalized spacial score (nSPS) is 10.7. The van der Waals surface area contributed by atoms with Gasteiger partial charge < -0.3 is 15.2 Å². The number of rotatable bonds is 7. The van der Waals surface area contributed by atoms with Gasteiger partial charge in [-0.25, -0.2) is 0 Å². The average molecular weight is 287 g/mol. The minimum Gasteiger partial charge on any atom is -0.506 e. The number of hydrogen-bond acceptors (Lipinski definition) is 4. The number of methoxy groups -OCH3 is 1. The first-order chi connectivity index (χ1) is 9.04. The molecule has 0 aliphatic rings. The maximum Gasteiger partial charge on any atom is 0.234 e. The van der Waals surface area contributed by atoms with Gasteiger partial charge in [0.1, 0.15) is 5.75 Å². The van der Waals surface area contributed by atoms with Crippen molar-refractivity contribution in [3.8, 4) is 5.75 Å². The molecule has 0 saturated carbocycles. The number of carbonyl (C=O) groups excluding carboxylic acids is 1. The molecule has 0 radical (unpaired) electrons. The zero-order chi connectivity index (χ0) is 14.3. The number of hydrogen-bond donors (Lipinski definition) is 2. The standard InChI is InChI=1S/C13H19ClN2O3/c1-16(9-12(17)15-6-7-19-2)8-10-4-3-5-11(14)13(10)18/h3-5,18H,6-9H2,1-2H3,(H,15,17). The summed E-state index contributed by atoms with van der Waals surface area (Å²) in [6.07, 6.45) is 0. The molecule has 19 heavy (non-hydrogen) atoms. The highest BCUT2D eigenvalue weighted by atomic mass is 35.5. The van der Waals surface area contributed by atoms with E-state index in [1.807, 2.05) is 0 Å². The minimum atomic E-state index is -0.0823. The number of nitrogens with zero attached hydrogens (tertiary/aromatic N) is 1. The summed E-state index contributed by atoms with van der Waals surface area (Å²) < 4.78 is 4.85. The number of halogens is 1. The molecule has 0 saturated heterocycles. The predicted octanol–water partition coefficient (Wildman–Crippen LogP) is 1.24. The van der Waals surface area contributed by atoms with Crippen molar-refractivity contribution in [2.24, 2.45) is 0 Å². The molecular formula is C13H19ClN2O3. The summed E-state index contributed by atoms with van der Waals surface area (Å²) in [6, 6.07) is 5.17. The summed E-state index contributed by atoms with van der Waals surface area (Å²) >= 11 is 5.83. The highest BCUT2D eigenvalue weighted by Gasteiger charge is 2.10. The maximum absolute atomic E-state index is 11.6. The second-order valence-corrected chi connectivity index (χ2v) is 4.67. The van der Waals surface area contributed by atoms with E-state index < -0.39 is 0 Å². The molecule has 5 nitrogen and oxygen atoms in total. The zero-order valence-corrected chi connectivity index (χ0v) is 11.9. The molecule has 1 amide bonds. The molecule has 0 bridgehead atoms. The van der Waals surface area contributed by atoms with E-state index in [1.54, 1.807) is 37.3 Å². The molecule has 6 heteroatoms. The van der Waals surface area contributed by atoms with Crippen LogP contribution in [-0.4, -0.2) is 49.8 Å². The van der Waals surface area contributed by atoms with Crippen LogP contribution in [0.1, 0.15) is 5.56 Å². The highest BCUT2D eigenvalue weighted by molar-refractivity contribution is 6.32. The lowest BCUT2D eigenvalue weighted by molar-refractivity contribution is -0.122. The summed E-state index contributed by atoms with van der Waals surface area (Å²) in [5.41, 5.74) is 0.694. The summed E-state index contributed by atoms with van der Waals surface area (Å²) in [7, 11) is 3.39. The molecule has 0 fully saturated rings. The first kappa shape index (κ1) is 15.8. The molecule has 1 rings (SSSR count). The first-order valence-corrected chi connectivity index (χ1v) is 6.33. The van der Waals surface area contributed by atoms with Gasteiger partial charge in [-0.05, 0) is 13.1 Å². The van der Waals surface area contributed by atoms with Crippen molar-refractivity contribution in [2.45, 2.75) is 6.54 Å². The molecule has 0 aliphatic heterocycles. The highest BCUT2D eigenvalue weighted by Crippen LogP contribution is 2.27. The Morgan fingerprint density at radius 3 is 2.95 bits per heavy atom. The minimum absolute atomic E-state index is 0.0656. The van der Waals surface area contributed by atoms with E-state index in [-0.39, 0.29) is 18.2 Å². The maximum atomic E-state index is 11.6. The number of likely N-dealkylation sites (N-methyl/N-ethyl adjacent to an activating group) is 1. The van der Waals surface area contributed by atoms with Crippen molar-refractivity contribution in [3.05, 3.63) is 28.8 Å². The number of phenolic OH excluding ortho intramolecular Hbond substituents is 1. The Bertz CT molecular complexity index is 426. The average Bonchev–Trinajstić information content (AvgIpc) is 2.35. The van der Waals surface area contributed by atoms with Crippen LogP contribution >= 0.6 is 11.6 Å². The Kier molecular flexibility index (Phi) is 6.62. The van der Waals surface area contributed by atoms with E-state index in [0.717, 1.165) is 0 Å². The van der Waals surface area contributed by atoms with Gasteiger partial charge in [-0.15, -0.1) is 0 Å². The number of nitrogens with one attached hydrogen (secondary N) is 1. The summed E-state index contributed by atoms with van der Waals surface area (Å²) in [5, 5.41) is 12.8. The largest absolute Gasteiger partial charge is 0.506 e. The first-order valence-electron chi connectivity index (χ1n) is 5.95. The number of ether oxygens (including phenoxy) is 1. The van der Waals surface area contributed by atoms with Gasteiger partial charge in [0.2, 0.25) is 5.91 Å². The smallest absolute Gasteiger partial charge is 0.234 e. The third-order valence-corrected chi connectivity index (χ3v) is 2.86. The van der Waals surface area contributed by atoms with Crippen molar-refractivity contribution in [1.82, 2.24) is 10.2 Å². The third-order valence-electron chi connectivity index (χ3n) is 2.55. The molecule has 0 unspecified atom stereocenters. The lowest BCUT2D eigenvalue weighted by atomic mass is 10.2. The second-order valence-electron chi connectivity index (χ2n) is 4.26. The van der Waals surface area contributed by atoms with Crippen LogP contribution in [0.15, 0.2) is 18.2 Å². The van der Waals surface area contributed by atoms with Crippen LogP contribution in [0.2, 0.25) is 5.02 Å². The van der Waals surface area contributed by atoms with Gasteiger partial charge in [-0.3, -0.25) is 9.69 Å². The number of benzene rings is 1. The molecule has 0 heterocycles. The van der Waals surface area contributed by atoms with Gasteiger partial charge in [0.25, 0.3) is 0 Å². The molecule has 1 aromatic rings. The van der Waals surface area contributed by atoms with E-state index in [1.165, 1.54) is 0 Å². The Balaban J connectivity index is 2.44. The quantitative estimate of drug-likeness (QED) is 0.741. The van der Waals surface area contributed by atoms with Crippen molar-refractivity contribution in [1.29, 1.82) is 0 Å². The van der Waals surface area contributed by atoms with Gasteiger partial charge in [0.05, 0.1) is 18.2 Å². The van der Waals surface area contributed by atoms with Crippen molar-refractivity contribution in [2.75, 3.05) is 33.9 Å². The van der Waals surface area contributed by atoms with Gasteiger partial charge in [0.15, 0.2) is 0 Å². The van der Waals surface area contributed by atoms with Crippen molar-refractivity contribution < 1.29 is 14.6 Å². The van der Waals surface area contributed by atoms with Gasteiger partial charge in [-0.1, -0.05) is 23.7 Å². The van der Waals surface area contributed by atoms with Gasteiger partial charge in [-0.2, -0.15) is 0 Å². The van der Waals surface area contributed by atoms with E-state index in [9.17, 15) is 9.90 Å². The Labute approximate surface area is 118 Å². The topological polar surface area (TPSA) is 61.8 Å². The number of carbonyl (C=O) groups is 1. The molecular weight excluding hydrogens is 268 g/mol. The zero-order valence-electron chi connectivity index (χ0n) is 11.1. The number of phenols is 1. The van der Waals surface area contributed by atoms with E-state index in [0.29, 0.717) is 30.3 Å². The number of aromatic hydroxyl groups is 1. The Morgan fingerprint density at radius 2 is 2.26 bits per heavy atom. The van der Waals surface area contributed by atoms with Gasteiger partial charge >= 0.3 is 0 Å². The van der Waals surface area contributed by atoms with Crippen molar-refractivity contribution >= 4 is 17.5 Å². The Morgan fingerprint density at radius 1 is 1.53 bits per heavy atom. The molecule has 2 N–H and O–H groups in total. The van der Waals surface area contributed by atoms with Crippen LogP contribution in [0, 0.1) is 0 Å². The lowest BCUT2D eigenvalue weighted by Gasteiger charge is -2.17. The fraction of sp³-hybridized carbons (Fsp3) is 0.462. The van der Waals surface area contributed by atoms with Crippen LogP contribution in [0.3, 0.4) is 0 Å². The molecule has 106 valence electrons. The monoisotopic (exact) mass is 286 g/mol. The van der Waals surface area contributed by atoms with Crippen LogP contribution in [0.25, 0.3) is 0 Å². The summed E-state index contributed by atoms with van der Waals surface area (Å²) in [4.78, 5) is 13.4. The fourth-order valence-corrected chi connectivity index (χ4v) is 1.82. The van der Waals surface area contributed by atoms with E-state index in [2.05, 4.69) is 5.32 Å². The fourth-order valence-electron chi connectivity index (χ4n) is 1.63. The van der Waals surface area contributed by atoms with Crippen molar-refractivity contribution in [3.63, 3.8) is 0 Å². The third kappa shape index (κ3) is 5.46. The second kappa shape index (κ2) is 7.99. The summed E-state index contributed by atoms with van der Waals surface area (Å²) in [5.74, 6) is -0.0168. The SMILES string of the molecule is COCCNC(=O)CN(C)Cc1cccc(Cl)c1O. The van der Waals surface area contributed by atoms with Crippen LogP contribution in [-0.2, 0) is 16.1 Å². The molecule has 1 aromatic carbocycles. The van der Waals surface area contributed by atoms with E-state index in [4.69, 9.17) is 16.3 Å². The van der Waals surface area contributed by atoms with E-state index >= 15 is 0 Å². The Hall–Kier alpha value is -1.30. The van der Waals surface area contributed by atoms with Crippen LogP contribution < -0.4 is 5.32 Å². The molecule has 0 spiro atoms. The molecule has 0 aromatic heterocycles. The number of amides is 1. The molecule has 0 aliphatic carbocycles. The number of para-hydroxylation sites is 1.